The molecule has 0 saturated carbocycles. The maximum Gasteiger partial charge on any atom is 0.267 e. The first kappa shape index (κ1) is 20.1. The van der Waals surface area contributed by atoms with Crippen molar-refractivity contribution in [3.8, 4) is 0 Å². The molecule has 29 heavy (non-hydrogen) atoms. The SMILES string of the molecule is Cc1ccc2nc(N3CC(C)CC(C)C3)c(/C=C3/SC(=S)N(C)C3=O)c(=O)n2c1. The van der Waals surface area contributed by atoms with Gasteiger partial charge in [0.05, 0.1) is 10.5 Å². The molecule has 6 nitrogen and oxygen atoms in total. The maximum absolute atomic E-state index is 13.4. The molecule has 1 amide bonds. The minimum Gasteiger partial charge on any atom is -0.355 e. The number of carbonyl (C=O) groups excluding carboxylic acids is 1. The molecule has 4 heterocycles. The molecule has 2 unspecified atom stereocenters. The zero-order chi connectivity index (χ0) is 20.9. The van der Waals surface area contributed by atoms with Crippen molar-refractivity contribution in [1.82, 2.24) is 14.3 Å². The first-order valence-corrected chi connectivity index (χ1v) is 11.0. The van der Waals surface area contributed by atoms with E-state index in [1.807, 2.05) is 19.1 Å². The van der Waals surface area contributed by atoms with E-state index in [1.54, 1.807) is 23.7 Å². The first-order chi connectivity index (χ1) is 13.7. The highest BCUT2D eigenvalue weighted by molar-refractivity contribution is 8.26. The Bertz CT molecular complexity index is 1100. The van der Waals surface area contributed by atoms with Crippen molar-refractivity contribution in [2.24, 2.45) is 11.8 Å². The van der Waals surface area contributed by atoms with Gasteiger partial charge in [-0.15, -0.1) is 0 Å². The number of hydrogen-bond acceptors (Lipinski definition) is 6. The Morgan fingerprint density at radius 1 is 1.21 bits per heavy atom. The molecule has 0 N–H and O–H groups in total. The van der Waals surface area contributed by atoms with Gasteiger partial charge in [-0.1, -0.05) is 43.9 Å². The van der Waals surface area contributed by atoms with Gasteiger partial charge >= 0.3 is 0 Å². The normalized spacial score (nSPS) is 24.2. The van der Waals surface area contributed by atoms with Crippen LogP contribution < -0.4 is 10.5 Å². The number of carbonyl (C=O) groups is 1. The fourth-order valence-corrected chi connectivity index (χ4v) is 5.29. The molecule has 0 spiro atoms. The van der Waals surface area contributed by atoms with Crippen LogP contribution in [0.4, 0.5) is 5.82 Å². The minimum atomic E-state index is -0.180. The average molecular weight is 429 g/mol. The quantitative estimate of drug-likeness (QED) is 0.540. The summed E-state index contributed by atoms with van der Waals surface area (Å²) < 4.78 is 2.06. The Kier molecular flexibility index (Phi) is 5.25. The number of amides is 1. The van der Waals surface area contributed by atoms with Crippen LogP contribution in [0.3, 0.4) is 0 Å². The number of likely N-dealkylation sites (N-methyl/N-ethyl adjacent to an activating group) is 1. The molecule has 152 valence electrons. The summed E-state index contributed by atoms with van der Waals surface area (Å²) in [6.07, 6.45) is 4.62. The summed E-state index contributed by atoms with van der Waals surface area (Å²) in [7, 11) is 1.66. The summed E-state index contributed by atoms with van der Waals surface area (Å²) in [6, 6.07) is 3.82. The van der Waals surface area contributed by atoms with Crippen molar-refractivity contribution >= 4 is 51.7 Å². The van der Waals surface area contributed by atoms with Crippen LogP contribution in [0.5, 0.6) is 0 Å². The lowest BCUT2D eigenvalue weighted by Gasteiger charge is -2.36. The Labute approximate surface area is 179 Å². The Balaban J connectivity index is 1.93. The lowest BCUT2D eigenvalue weighted by atomic mass is 9.91. The molecular formula is C21H24N4O2S2. The van der Waals surface area contributed by atoms with Crippen LogP contribution in [0, 0.1) is 18.8 Å². The number of thioether (sulfide) groups is 1. The van der Waals surface area contributed by atoms with Gasteiger partial charge in [0.1, 0.15) is 15.8 Å². The van der Waals surface area contributed by atoms with E-state index in [1.165, 1.54) is 16.7 Å². The third-order valence-electron chi connectivity index (χ3n) is 5.42. The zero-order valence-electron chi connectivity index (χ0n) is 17.0. The van der Waals surface area contributed by atoms with E-state index in [0.717, 1.165) is 25.1 Å². The second-order valence-corrected chi connectivity index (χ2v) is 9.86. The van der Waals surface area contributed by atoms with Crippen LogP contribution in [0.15, 0.2) is 28.0 Å². The van der Waals surface area contributed by atoms with Gasteiger partial charge in [0.25, 0.3) is 11.5 Å². The zero-order valence-corrected chi connectivity index (χ0v) is 18.6. The number of aromatic nitrogens is 2. The molecule has 8 heteroatoms. The number of piperidine rings is 1. The summed E-state index contributed by atoms with van der Waals surface area (Å²) in [5.74, 6) is 1.50. The molecule has 2 atom stereocenters. The number of fused-ring (bicyclic) bond motifs is 1. The molecule has 2 aromatic heterocycles. The molecular weight excluding hydrogens is 404 g/mol. The number of anilines is 1. The van der Waals surface area contributed by atoms with Crippen LogP contribution in [-0.2, 0) is 4.79 Å². The molecule has 0 aromatic carbocycles. The van der Waals surface area contributed by atoms with Gasteiger partial charge in [-0.05, 0) is 42.9 Å². The number of nitrogens with zero attached hydrogens (tertiary/aromatic N) is 4. The molecule has 0 aliphatic carbocycles. The molecule has 0 radical (unpaired) electrons. The number of thiocarbonyl (C=S) groups is 1. The van der Waals surface area contributed by atoms with Crippen LogP contribution >= 0.6 is 24.0 Å². The fraction of sp³-hybridized carbons (Fsp3) is 0.429. The van der Waals surface area contributed by atoms with E-state index < -0.39 is 0 Å². The van der Waals surface area contributed by atoms with Crippen LogP contribution in [0.2, 0.25) is 0 Å². The second-order valence-electron chi connectivity index (χ2n) is 8.18. The Hall–Kier alpha value is -2.19. The van der Waals surface area contributed by atoms with Crippen LogP contribution in [0.1, 0.15) is 31.4 Å². The highest BCUT2D eigenvalue weighted by atomic mass is 32.2. The van der Waals surface area contributed by atoms with Crippen molar-refractivity contribution in [1.29, 1.82) is 0 Å². The van der Waals surface area contributed by atoms with Gasteiger partial charge in [0.2, 0.25) is 0 Å². The third kappa shape index (κ3) is 3.71. The predicted molar refractivity (Wildman–Crippen MR) is 122 cm³/mol. The molecule has 2 aliphatic rings. The van der Waals surface area contributed by atoms with E-state index >= 15 is 0 Å². The van der Waals surface area contributed by atoms with Crippen LogP contribution in [-0.4, -0.2) is 44.6 Å². The van der Waals surface area contributed by atoms with Gasteiger partial charge in [-0.2, -0.15) is 0 Å². The summed E-state index contributed by atoms with van der Waals surface area (Å²) in [5.41, 5.74) is 1.87. The van der Waals surface area contributed by atoms with E-state index in [0.29, 0.717) is 38.1 Å². The van der Waals surface area contributed by atoms with Crippen molar-refractivity contribution in [3.05, 3.63) is 44.7 Å². The monoisotopic (exact) mass is 428 g/mol. The molecule has 2 saturated heterocycles. The average Bonchev–Trinajstić information content (AvgIpc) is 2.90. The summed E-state index contributed by atoms with van der Waals surface area (Å²) in [6.45, 7) is 8.07. The highest BCUT2D eigenvalue weighted by Crippen LogP contribution is 2.33. The summed E-state index contributed by atoms with van der Waals surface area (Å²) >= 11 is 6.47. The molecule has 2 aliphatic heterocycles. The lowest BCUT2D eigenvalue weighted by molar-refractivity contribution is -0.121. The predicted octanol–water partition coefficient (Wildman–Crippen LogP) is 3.32. The molecule has 2 fully saturated rings. The molecule has 4 rings (SSSR count). The van der Waals surface area contributed by atoms with Crippen LogP contribution in [0.25, 0.3) is 11.7 Å². The van der Waals surface area contributed by atoms with Gasteiger partial charge < -0.3 is 4.90 Å². The third-order valence-corrected chi connectivity index (χ3v) is 6.90. The largest absolute Gasteiger partial charge is 0.355 e. The Morgan fingerprint density at radius 2 is 1.90 bits per heavy atom. The van der Waals surface area contributed by atoms with E-state index in [4.69, 9.17) is 17.2 Å². The van der Waals surface area contributed by atoms with Gasteiger partial charge in [-0.3, -0.25) is 18.9 Å². The number of rotatable bonds is 2. The molecule has 0 bridgehead atoms. The van der Waals surface area contributed by atoms with Crippen molar-refractivity contribution in [2.75, 3.05) is 25.0 Å². The smallest absolute Gasteiger partial charge is 0.267 e. The Morgan fingerprint density at radius 3 is 2.52 bits per heavy atom. The summed E-state index contributed by atoms with van der Waals surface area (Å²) in [5, 5.41) is 0. The fourth-order valence-electron chi connectivity index (χ4n) is 4.13. The van der Waals surface area contributed by atoms with Gasteiger partial charge in [0, 0.05) is 26.3 Å². The van der Waals surface area contributed by atoms with Crippen molar-refractivity contribution < 1.29 is 4.79 Å². The van der Waals surface area contributed by atoms with E-state index in [2.05, 4.69) is 18.7 Å². The lowest BCUT2D eigenvalue weighted by Crippen LogP contribution is -2.40. The van der Waals surface area contributed by atoms with Crippen molar-refractivity contribution in [3.63, 3.8) is 0 Å². The van der Waals surface area contributed by atoms with Crippen molar-refractivity contribution in [2.45, 2.75) is 27.2 Å². The van der Waals surface area contributed by atoms with Gasteiger partial charge in [0.15, 0.2) is 0 Å². The number of hydrogen-bond donors (Lipinski definition) is 0. The number of pyridine rings is 1. The van der Waals surface area contributed by atoms with E-state index in [-0.39, 0.29) is 11.5 Å². The topological polar surface area (TPSA) is 57.9 Å². The second kappa shape index (κ2) is 7.57. The summed E-state index contributed by atoms with van der Waals surface area (Å²) in [4.78, 5) is 34.9. The minimum absolute atomic E-state index is 0.166. The van der Waals surface area contributed by atoms with E-state index in [9.17, 15) is 9.59 Å². The molecule has 2 aromatic rings. The standard InChI is InChI=1S/C21H24N4O2S2/c1-12-5-6-17-22-18(24-9-13(2)7-14(3)10-24)15(19(26)25(17)11-12)8-16-20(27)23(4)21(28)29-16/h5-6,8,11,13-14H,7,9-10H2,1-4H3/b16-8+. The first-order valence-electron chi connectivity index (χ1n) is 9.74. The number of aryl methyl sites for hydroxylation is 1. The highest BCUT2D eigenvalue weighted by Gasteiger charge is 2.31. The maximum atomic E-state index is 13.4. The van der Waals surface area contributed by atoms with Gasteiger partial charge in [-0.25, -0.2) is 4.98 Å².